The summed E-state index contributed by atoms with van der Waals surface area (Å²) >= 11 is 0. The average molecular weight is 417 g/mol. The van der Waals surface area contributed by atoms with Gasteiger partial charge in [-0.1, -0.05) is 24.3 Å². The first-order chi connectivity index (χ1) is 14.9. The van der Waals surface area contributed by atoms with E-state index in [2.05, 4.69) is 16.0 Å². The Labute approximate surface area is 180 Å². The highest BCUT2D eigenvalue weighted by atomic mass is 19.1. The number of carbonyl (C=O) groups is 1. The molecule has 1 amide bonds. The van der Waals surface area contributed by atoms with Crippen LogP contribution in [0, 0.1) is 12.7 Å². The fourth-order valence-corrected chi connectivity index (χ4v) is 4.46. The van der Waals surface area contributed by atoms with Gasteiger partial charge >= 0.3 is 0 Å². The van der Waals surface area contributed by atoms with Gasteiger partial charge in [0.15, 0.2) is 0 Å². The van der Waals surface area contributed by atoms with Crippen molar-refractivity contribution in [1.29, 1.82) is 0 Å². The lowest BCUT2D eigenvalue weighted by molar-refractivity contribution is -0.117. The fraction of sp³-hybridized carbons (Fsp3) is 0.250. The maximum absolute atomic E-state index is 14.4. The van der Waals surface area contributed by atoms with Gasteiger partial charge in [0.1, 0.15) is 24.1 Å². The van der Waals surface area contributed by atoms with Crippen molar-refractivity contribution >= 4 is 23.2 Å². The predicted molar refractivity (Wildman–Crippen MR) is 121 cm³/mol. The molecule has 0 aliphatic carbocycles. The normalized spacial score (nSPS) is 15.0. The number of anilines is 2. The summed E-state index contributed by atoms with van der Waals surface area (Å²) in [6, 6.07) is 11.3. The van der Waals surface area contributed by atoms with E-state index in [-0.39, 0.29) is 18.1 Å². The molecule has 2 aliphatic rings. The number of hydrogen-bond donors (Lipinski definition) is 2. The highest BCUT2D eigenvalue weighted by molar-refractivity contribution is 6.09. The number of hydrogen-bond acceptors (Lipinski definition) is 4. The van der Waals surface area contributed by atoms with Gasteiger partial charge in [0, 0.05) is 31.0 Å². The van der Waals surface area contributed by atoms with Crippen LogP contribution in [0.4, 0.5) is 15.9 Å². The van der Waals surface area contributed by atoms with Crippen LogP contribution in [0.1, 0.15) is 22.3 Å². The smallest absolute Gasteiger partial charge is 0.231 e. The molecule has 0 fully saturated rings. The Hall–Kier alpha value is -3.61. The van der Waals surface area contributed by atoms with E-state index >= 15 is 0 Å². The Kier molecular flexibility index (Phi) is 4.54. The van der Waals surface area contributed by atoms with Gasteiger partial charge in [-0.25, -0.2) is 9.38 Å². The molecule has 0 atom stereocenters. The van der Waals surface area contributed by atoms with Crippen molar-refractivity contribution in [2.75, 3.05) is 30.1 Å². The number of aryl methyl sites for hydroxylation is 1. The summed E-state index contributed by atoms with van der Waals surface area (Å²) in [6.07, 6.45) is 2.77. The van der Waals surface area contributed by atoms with Gasteiger partial charge in [0.05, 0.1) is 12.0 Å². The van der Waals surface area contributed by atoms with Crippen molar-refractivity contribution < 1.29 is 9.18 Å². The van der Waals surface area contributed by atoms with Crippen LogP contribution < -0.4 is 15.5 Å². The summed E-state index contributed by atoms with van der Waals surface area (Å²) in [4.78, 5) is 24.4. The monoisotopic (exact) mass is 417 g/mol. The Bertz CT molecular complexity index is 1230. The third-order valence-electron chi connectivity index (χ3n) is 6.15. The van der Waals surface area contributed by atoms with Crippen LogP contribution in [-0.2, 0) is 17.6 Å². The number of nitrogens with one attached hydrogen (secondary N) is 1. The maximum Gasteiger partial charge on any atom is 0.231 e. The Balaban J connectivity index is 1.43. The number of rotatable bonds is 3. The Morgan fingerprint density at radius 3 is 2.97 bits per heavy atom. The number of aromatic amines is 1. The molecular weight excluding hydrogens is 393 g/mol. The van der Waals surface area contributed by atoms with E-state index in [4.69, 9.17) is 5.73 Å². The second kappa shape index (κ2) is 7.27. The molecular formula is C24H24FN5O. The maximum atomic E-state index is 14.4. The molecule has 158 valence electrons. The number of benzene rings is 2. The van der Waals surface area contributed by atoms with Crippen molar-refractivity contribution in [3.05, 3.63) is 70.7 Å². The van der Waals surface area contributed by atoms with E-state index in [0.717, 1.165) is 40.2 Å². The first kappa shape index (κ1) is 19.4. The van der Waals surface area contributed by atoms with Gasteiger partial charge in [0.2, 0.25) is 5.91 Å². The van der Waals surface area contributed by atoms with Gasteiger partial charge in [-0.2, -0.15) is 0 Å². The number of fused-ring (bicyclic) bond motifs is 2. The number of aliphatic imine (C=N–C) groups is 1. The summed E-state index contributed by atoms with van der Waals surface area (Å²) in [5.41, 5.74) is 12.1. The number of halogens is 1. The summed E-state index contributed by atoms with van der Waals surface area (Å²) in [5.74, 6) is 1.10. The van der Waals surface area contributed by atoms with E-state index in [9.17, 15) is 9.18 Å². The lowest BCUT2D eigenvalue weighted by atomic mass is 9.99. The molecule has 3 heterocycles. The second-order valence-electron chi connectivity index (χ2n) is 8.17. The minimum absolute atomic E-state index is 0.0549. The highest BCUT2D eigenvalue weighted by Crippen LogP contribution is 2.37. The molecule has 0 bridgehead atoms. The molecule has 6 nitrogen and oxygen atoms in total. The van der Waals surface area contributed by atoms with Crippen molar-refractivity contribution in [1.82, 2.24) is 4.98 Å². The van der Waals surface area contributed by atoms with Gasteiger partial charge < -0.3 is 20.5 Å². The average Bonchev–Trinajstić information content (AvgIpc) is 3.39. The molecule has 0 spiro atoms. The van der Waals surface area contributed by atoms with E-state index in [1.807, 2.05) is 30.3 Å². The summed E-state index contributed by atoms with van der Waals surface area (Å²) in [5, 5.41) is 0. The number of amidine groups is 1. The van der Waals surface area contributed by atoms with Crippen molar-refractivity contribution in [2.24, 2.45) is 10.7 Å². The lowest BCUT2D eigenvalue weighted by Gasteiger charge is -2.22. The predicted octanol–water partition coefficient (Wildman–Crippen LogP) is 3.37. The molecule has 2 aromatic carbocycles. The van der Waals surface area contributed by atoms with Crippen LogP contribution in [-0.4, -0.2) is 37.0 Å². The quantitative estimate of drug-likeness (QED) is 0.686. The minimum Gasteiger partial charge on any atom is -0.383 e. The second-order valence-corrected chi connectivity index (χ2v) is 8.17. The fourth-order valence-electron chi connectivity index (χ4n) is 4.46. The molecule has 31 heavy (non-hydrogen) atoms. The zero-order valence-corrected chi connectivity index (χ0v) is 17.6. The molecule has 1 aromatic heterocycles. The number of carbonyl (C=O) groups excluding carboxylic acids is 1. The van der Waals surface area contributed by atoms with Crippen LogP contribution in [0.25, 0.3) is 11.1 Å². The third-order valence-corrected chi connectivity index (χ3v) is 6.15. The molecule has 2 aliphatic heterocycles. The standard InChI is InChI=1S/C24H24FN5O/c1-14-4-3-5-17(22(14)25)11-20(31)30-9-8-16-10-15(6-7-19(16)30)18-12-27-24-21(18)23(26)28-13-29(24)2/h3-7,10,12,27H,8-9,11,13H2,1-2H3,(H2,26,28). The minimum atomic E-state index is -0.299. The number of nitrogens with two attached hydrogens (primary N) is 1. The first-order valence-corrected chi connectivity index (χ1v) is 10.3. The van der Waals surface area contributed by atoms with Gasteiger partial charge in [-0.3, -0.25) is 4.79 Å². The molecule has 0 radical (unpaired) electrons. The van der Waals surface area contributed by atoms with E-state index in [0.29, 0.717) is 30.2 Å². The van der Waals surface area contributed by atoms with Gasteiger partial charge in [0.25, 0.3) is 0 Å². The molecule has 5 rings (SSSR count). The zero-order valence-electron chi connectivity index (χ0n) is 17.6. The summed E-state index contributed by atoms with van der Waals surface area (Å²) in [6.45, 7) is 2.84. The molecule has 0 unspecified atom stereocenters. The van der Waals surface area contributed by atoms with Crippen LogP contribution in [0.15, 0.2) is 47.6 Å². The number of aromatic nitrogens is 1. The molecule has 7 heteroatoms. The highest BCUT2D eigenvalue weighted by Gasteiger charge is 2.27. The molecule has 0 saturated heterocycles. The first-order valence-electron chi connectivity index (χ1n) is 10.3. The SMILES string of the molecule is Cc1cccc(CC(=O)N2CCc3cc(-c4c[nH]c5c4C(N)=NCN5C)ccc32)c1F. The van der Waals surface area contributed by atoms with E-state index in [1.54, 1.807) is 30.0 Å². The van der Waals surface area contributed by atoms with E-state index in [1.165, 1.54) is 0 Å². The van der Waals surface area contributed by atoms with Crippen molar-refractivity contribution in [3.8, 4) is 11.1 Å². The molecule has 3 aromatic rings. The zero-order chi connectivity index (χ0) is 21.7. The lowest BCUT2D eigenvalue weighted by Crippen LogP contribution is -2.30. The van der Waals surface area contributed by atoms with Gasteiger partial charge in [-0.15, -0.1) is 0 Å². The van der Waals surface area contributed by atoms with Crippen LogP contribution >= 0.6 is 0 Å². The third kappa shape index (κ3) is 3.17. The van der Waals surface area contributed by atoms with Crippen LogP contribution in [0.2, 0.25) is 0 Å². The van der Waals surface area contributed by atoms with Crippen molar-refractivity contribution in [3.63, 3.8) is 0 Å². The summed E-state index contributed by atoms with van der Waals surface area (Å²) < 4.78 is 14.4. The van der Waals surface area contributed by atoms with Crippen molar-refractivity contribution in [2.45, 2.75) is 19.8 Å². The van der Waals surface area contributed by atoms with E-state index < -0.39 is 0 Å². The van der Waals surface area contributed by atoms with Crippen LogP contribution in [0.5, 0.6) is 0 Å². The molecule has 3 N–H and O–H groups in total. The largest absolute Gasteiger partial charge is 0.383 e. The summed E-state index contributed by atoms with van der Waals surface area (Å²) in [7, 11) is 1.97. The van der Waals surface area contributed by atoms with Gasteiger partial charge in [-0.05, 0) is 47.7 Å². The Morgan fingerprint density at radius 2 is 2.13 bits per heavy atom. The number of nitrogens with zero attached hydrogens (tertiary/aromatic N) is 3. The number of amides is 1. The Morgan fingerprint density at radius 1 is 1.29 bits per heavy atom. The number of H-pyrrole nitrogens is 1. The molecule has 0 saturated carbocycles. The topological polar surface area (TPSA) is 77.7 Å². The van der Waals surface area contributed by atoms with Crippen LogP contribution in [0.3, 0.4) is 0 Å².